The molecule has 192 valence electrons. The van der Waals surface area contributed by atoms with E-state index in [-0.39, 0.29) is 6.54 Å². The van der Waals surface area contributed by atoms with Gasteiger partial charge in [-0.3, -0.25) is 10.7 Å². The molecule has 1 aliphatic heterocycles. The largest absolute Gasteiger partial charge is 0.465 e. The van der Waals surface area contributed by atoms with E-state index < -0.39 is 18.0 Å². The number of nitrogens with two attached hydrogens (primary N) is 1. The Balaban J connectivity index is 1.35. The van der Waals surface area contributed by atoms with Crippen LogP contribution in [-0.4, -0.2) is 61.2 Å². The summed E-state index contributed by atoms with van der Waals surface area (Å²) in [6, 6.07) is 12.3. The number of hydrogen-bond donors (Lipinski definition) is 4. The summed E-state index contributed by atoms with van der Waals surface area (Å²) in [5.74, 6) is -0.184. The number of carbonyl (C=O) groups excluding carboxylic acids is 2. The Labute approximate surface area is 219 Å². The van der Waals surface area contributed by atoms with Crippen molar-refractivity contribution < 1.29 is 14.3 Å². The van der Waals surface area contributed by atoms with Gasteiger partial charge < -0.3 is 25.6 Å². The van der Waals surface area contributed by atoms with Gasteiger partial charge >= 0.3 is 12.0 Å². The Morgan fingerprint density at radius 1 is 1.05 bits per heavy atom. The molecule has 0 unspecified atom stereocenters. The van der Waals surface area contributed by atoms with E-state index in [9.17, 15) is 9.59 Å². The number of nitrogens with one attached hydrogen (secondary N) is 3. The third kappa shape index (κ3) is 6.44. The van der Waals surface area contributed by atoms with Gasteiger partial charge in [0, 0.05) is 50.7 Å². The number of urea groups is 1. The van der Waals surface area contributed by atoms with Crippen LogP contribution in [0.1, 0.15) is 15.9 Å². The fourth-order valence-corrected chi connectivity index (χ4v) is 4.30. The number of amides is 2. The van der Waals surface area contributed by atoms with E-state index in [0.717, 1.165) is 48.6 Å². The number of piperazine rings is 1. The molecule has 3 aromatic rings. The Morgan fingerprint density at radius 2 is 1.76 bits per heavy atom. The Hall–Kier alpha value is -4.38. The highest BCUT2D eigenvalue weighted by molar-refractivity contribution is 6.33. The predicted molar refractivity (Wildman–Crippen MR) is 142 cm³/mol. The fraction of sp³-hybridized carbons (Fsp3) is 0.240. The van der Waals surface area contributed by atoms with Crippen molar-refractivity contribution in [2.45, 2.75) is 6.54 Å². The van der Waals surface area contributed by atoms with Gasteiger partial charge in [0.05, 0.1) is 23.4 Å². The van der Waals surface area contributed by atoms with Crippen LogP contribution >= 0.6 is 11.6 Å². The third-order valence-electron chi connectivity index (χ3n) is 5.87. The molecular formula is C25H27ClN8O3. The molecule has 1 saturated heterocycles. The second-order valence-electron chi connectivity index (χ2n) is 8.33. The van der Waals surface area contributed by atoms with Gasteiger partial charge in [-0.15, -0.1) is 0 Å². The molecule has 1 fully saturated rings. The van der Waals surface area contributed by atoms with Crippen LogP contribution in [0.5, 0.6) is 0 Å². The first-order valence-corrected chi connectivity index (χ1v) is 11.9. The van der Waals surface area contributed by atoms with Crippen LogP contribution in [0.25, 0.3) is 11.1 Å². The molecule has 0 aliphatic carbocycles. The lowest BCUT2D eigenvalue weighted by atomic mass is 10.1. The number of rotatable bonds is 6. The van der Waals surface area contributed by atoms with Gasteiger partial charge in [0.2, 0.25) is 5.95 Å². The second-order valence-corrected chi connectivity index (χ2v) is 8.73. The Morgan fingerprint density at radius 3 is 2.41 bits per heavy atom. The van der Waals surface area contributed by atoms with E-state index in [4.69, 9.17) is 27.5 Å². The lowest BCUT2D eigenvalue weighted by Gasteiger charge is -2.36. The predicted octanol–water partition coefficient (Wildman–Crippen LogP) is 2.60. The van der Waals surface area contributed by atoms with Crippen LogP contribution in [0, 0.1) is 5.41 Å². The highest BCUT2D eigenvalue weighted by Crippen LogP contribution is 2.29. The molecule has 0 bridgehead atoms. The van der Waals surface area contributed by atoms with Crippen LogP contribution < -0.4 is 26.2 Å². The smallest absolute Gasteiger partial charge is 0.337 e. The summed E-state index contributed by atoms with van der Waals surface area (Å²) in [7, 11) is 1.34. The highest BCUT2D eigenvalue weighted by atomic mass is 35.5. The summed E-state index contributed by atoms with van der Waals surface area (Å²) in [6.07, 6.45) is 3.57. The van der Waals surface area contributed by atoms with Crippen LogP contribution in [0.3, 0.4) is 0 Å². The molecule has 11 nitrogen and oxygen atoms in total. The van der Waals surface area contributed by atoms with Crippen LogP contribution in [-0.2, 0) is 11.3 Å². The van der Waals surface area contributed by atoms with Gasteiger partial charge in [0.25, 0.3) is 0 Å². The van der Waals surface area contributed by atoms with Crippen molar-refractivity contribution in [1.82, 2.24) is 20.6 Å². The molecule has 37 heavy (non-hydrogen) atoms. The third-order valence-corrected chi connectivity index (χ3v) is 6.17. The minimum atomic E-state index is -0.536. The molecule has 2 amide bonds. The summed E-state index contributed by atoms with van der Waals surface area (Å²) in [5.41, 5.74) is 9.12. The molecule has 0 atom stereocenters. The molecule has 5 N–H and O–H groups in total. The van der Waals surface area contributed by atoms with Crippen molar-refractivity contribution in [2.75, 3.05) is 43.1 Å². The highest BCUT2D eigenvalue weighted by Gasteiger charge is 2.21. The van der Waals surface area contributed by atoms with E-state index in [1.54, 1.807) is 24.5 Å². The SMILES string of the molecule is COC(=O)c1ccc(N2CCN(c3ncc(-c4cccc(CNC(=O)NC(=N)N)c4)cn3)CC2)c(Cl)c1. The van der Waals surface area contributed by atoms with E-state index in [0.29, 0.717) is 16.5 Å². The number of ether oxygens (including phenoxy) is 1. The maximum absolute atomic E-state index is 11.7. The van der Waals surface area contributed by atoms with Gasteiger partial charge in [0.1, 0.15) is 0 Å². The zero-order valence-electron chi connectivity index (χ0n) is 20.2. The van der Waals surface area contributed by atoms with Crippen molar-refractivity contribution in [2.24, 2.45) is 5.73 Å². The number of aromatic nitrogens is 2. The van der Waals surface area contributed by atoms with Crippen molar-refractivity contribution in [3.8, 4) is 11.1 Å². The van der Waals surface area contributed by atoms with Gasteiger partial charge in [-0.25, -0.2) is 19.6 Å². The average molecular weight is 523 g/mol. The molecule has 2 heterocycles. The number of methoxy groups -OCH3 is 1. The van der Waals surface area contributed by atoms with Crippen molar-refractivity contribution in [3.63, 3.8) is 0 Å². The molecule has 2 aromatic carbocycles. The number of nitrogens with zero attached hydrogens (tertiary/aromatic N) is 4. The number of esters is 1. The van der Waals surface area contributed by atoms with Crippen molar-refractivity contribution in [1.29, 1.82) is 5.41 Å². The summed E-state index contributed by atoms with van der Waals surface area (Å²) in [4.78, 5) is 36.8. The van der Waals surface area contributed by atoms with E-state index in [1.165, 1.54) is 7.11 Å². The average Bonchev–Trinajstić information content (AvgIpc) is 2.91. The lowest BCUT2D eigenvalue weighted by molar-refractivity contribution is 0.0600. The molecule has 1 aromatic heterocycles. The Kier molecular flexibility index (Phi) is 8.04. The number of carbonyl (C=O) groups is 2. The topological polar surface area (TPSA) is 150 Å². The van der Waals surface area contributed by atoms with Crippen LogP contribution in [0.2, 0.25) is 5.02 Å². The van der Waals surface area contributed by atoms with Gasteiger partial charge in [-0.2, -0.15) is 0 Å². The Bertz CT molecular complexity index is 1290. The van der Waals surface area contributed by atoms with E-state index in [1.807, 2.05) is 30.3 Å². The number of anilines is 2. The minimum Gasteiger partial charge on any atom is -0.465 e. The first-order chi connectivity index (χ1) is 17.8. The lowest BCUT2D eigenvalue weighted by Crippen LogP contribution is -2.47. The summed E-state index contributed by atoms with van der Waals surface area (Å²) < 4.78 is 4.75. The standard InChI is InChI=1S/C25H27ClN8O3/c1-37-22(35)18-5-6-21(20(26)12-18)33-7-9-34(10-8-33)24-29-14-19(15-30-24)17-4-2-3-16(11-17)13-31-25(36)32-23(27)28/h2-6,11-12,14-15H,7-10,13H2,1H3,(H5,27,28,31,32,36). The summed E-state index contributed by atoms with van der Waals surface area (Å²) >= 11 is 6.43. The maximum Gasteiger partial charge on any atom is 0.337 e. The van der Waals surface area contributed by atoms with Crippen LogP contribution in [0.4, 0.5) is 16.4 Å². The number of benzene rings is 2. The van der Waals surface area contributed by atoms with E-state index in [2.05, 4.69) is 30.4 Å². The molecule has 12 heteroatoms. The minimum absolute atomic E-state index is 0.283. The molecule has 4 rings (SSSR count). The zero-order valence-corrected chi connectivity index (χ0v) is 21.0. The zero-order chi connectivity index (χ0) is 26.4. The fourth-order valence-electron chi connectivity index (χ4n) is 4.00. The molecule has 0 saturated carbocycles. The number of halogens is 1. The summed E-state index contributed by atoms with van der Waals surface area (Å²) in [6.45, 7) is 3.19. The first-order valence-electron chi connectivity index (χ1n) is 11.5. The first kappa shape index (κ1) is 25.7. The molecular weight excluding hydrogens is 496 g/mol. The molecule has 1 aliphatic rings. The monoisotopic (exact) mass is 522 g/mol. The van der Waals surface area contributed by atoms with Crippen LogP contribution in [0.15, 0.2) is 54.9 Å². The van der Waals surface area contributed by atoms with Gasteiger partial charge in [0.15, 0.2) is 5.96 Å². The number of guanidine groups is 1. The maximum atomic E-state index is 11.7. The van der Waals surface area contributed by atoms with Crippen molar-refractivity contribution >= 4 is 41.2 Å². The quantitative estimate of drug-likeness (QED) is 0.219. The summed E-state index contributed by atoms with van der Waals surface area (Å²) in [5, 5.41) is 12.4. The van der Waals surface area contributed by atoms with Crippen molar-refractivity contribution in [3.05, 3.63) is 71.0 Å². The van der Waals surface area contributed by atoms with E-state index >= 15 is 0 Å². The van der Waals surface area contributed by atoms with Gasteiger partial charge in [-0.05, 0) is 35.4 Å². The normalized spacial score (nSPS) is 13.1. The molecule has 0 spiro atoms. The van der Waals surface area contributed by atoms with Gasteiger partial charge in [-0.1, -0.05) is 29.8 Å². The second kappa shape index (κ2) is 11.6. The molecule has 0 radical (unpaired) electrons. The number of hydrogen-bond acceptors (Lipinski definition) is 8.